The predicted octanol–water partition coefficient (Wildman–Crippen LogP) is 6.24. The minimum Gasteiger partial charge on any atom is -0.438 e. The monoisotopic (exact) mass is 498 g/mol. The van der Waals surface area contributed by atoms with Gasteiger partial charge in [0.2, 0.25) is 11.8 Å². The number of hydrogen-bond acceptors (Lipinski definition) is 7. The summed E-state index contributed by atoms with van der Waals surface area (Å²) in [7, 11) is 1.78. The number of ether oxygens (including phenoxy) is 1. The molecule has 0 spiro atoms. The molecule has 3 heterocycles. The van der Waals surface area contributed by atoms with E-state index < -0.39 is 0 Å². The van der Waals surface area contributed by atoms with Crippen LogP contribution in [0.1, 0.15) is 22.9 Å². The molecule has 3 N–H and O–H groups in total. The molecular formula is C31H26N6O. The molecule has 3 aromatic carbocycles. The normalized spacial score (nSPS) is 14.4. The molecule has 6 rings (SSSR count). The van der Waals surface area contributed by atoms with Crippen LogP contribution < -0.4 is 20.7 Å². The van der Waals surface area contributed by atoms with Crippen LogP contribution in [0.5, 0.6) is 11.6 Å². The van der Waals surface area contributed by atoms with Crippen LogP contribution in [0.25, 0.3) is 16.8 Å². The molecule has 0 amide bonds. The Bertz CT molecular complexity index is 1600. The number of benzene rings is 3. The summed E-state index contributed by atoms with van der Waals surface area (Å²) < 4.78 is 6.20. The van der Waals surface area contributed by atoms with E-state index in [0.717, 1.165) is 39.2 Å². The number of nitrogens with one attached hydrogen (secondary N) is 1. The summed E-state index contributed by atoms with van der Waals surface area (Å²) >= 11 is 0. The highest BCUT2D eigenvalue weighted by Crippen LogP contribution is 2.39. The molecule has 2 aromatic heterocycles. The van der Waals surface area contributed by atoms with Gasteiger partial charge < -0.3 is 20.7 Å². The van der Waals surface area contributed by atoms with Gasteiger partial charge in [-0.2, -0.15) is 0 Å². The lowest BCUT2D eigenvalue weighted by Crippen LogP contribution is -2.34. The number of rotatable bonds is 6. The zero-order chi connectivity index (χ0) is 25.9. The van der Waals surface area contributed by atoms with Crippen LogP contribution in [0.4, 0.5) is 11.6 Å². The third kappa shape index (κ3) is 4.47. The molecule has 1 aliphatic rings. The van der Waals surface area contributed by atoms with Crippen molar-refractivity contribution in [2.24, 2.45) is 5.73 Å². The Labute approximate surface area is 221 Å². The minimum atomic E-state index is -0.313. The largest absolute Gasteiger partial charge is 0.438 e. The zero-order valence-electron chi connectivity index (χ0n) is 20.8. The van der Waals surface area contributed by atoms with Gasteiger partial charge in [-0.25, -0.2) is 15.0 Å². The quantitative estimate of drug-likeness (QED) is 0.286. The lowest BCUT2D eigenvalue weighted by molar-refractivity contribution is 0.464. The summed E-state index contributed by atoms with van der Waals surface area (Å²) in [6.45, 7) is 0. The Hall–Kier alpha value is -5.01. The van der Waals surface area contributed by atoms with Gasteiger partial charge in [-0.15, -0.1) is 0 Å². The molecular weight excluding hydrogens is 472 g/mol. The van der Waals surface area contributed by atoms with Gasteiger partial charge in [0.25, 0.3) is 0 Å². The fourth-order valence-corrected chi connectivity index (χ4v) is 4.62. The number of anilines is 2. The van der Waals surface area contributed by atoms with Crippen molar-refractivity contribution in [1.82, 2.24) is 15.0 Å². The summed E-state index contributed by atoms with van der Waals surface area (Å²) in [5.74, 6) is 1.66. The predicted molar refractivity (Wildman–Crippen MR) is 151 cm³/mol. The maximum Gasteiger partial charge on any atom is 0.228 e. The van der Waals surface area contributed by atoms with Crippen LogP contribution in [-0.2, 0) is 0 Å². The van der Waals surface area contributed by atoms with E-state index in [1.165, 1.54) is 0 Å². The summed E-state index contributed by atoms with van der Waals surface area (Å²) in [6.07, 6.45) is 5.22. The molecule has 0 bridgehead atoms. The van der Waals surface area contributed by atoms with E-state index in [1.807, 2.05) is 54.6 Å². The Kier molecular flexibility index (Phi) is 6.25. The van der Waals surface area contributed by atoms with Crippen molar-refractivity contribution >= 4 is 17.2 Å². The second kappa shape index (κ2) is 10.2. The number of nitrogens with two attached hydrogens (primary N) is 1. The molecule has 7 nitrogen and oxygen atoms in total. The average Bonchev–Trinajstić information content (AvgIpc) is 2.99. The van der Waals surface area contributed by atoms with Crippen molar-refractivity contribution in [3.63, 3.8) is 0 Å². The lowest BCUT2D eigenvalue weighted by atomic mass is 9.90. The number of fused-ring (bicyclic) bond motifs is 1. The van der Waals surface area contributed by atoms with Crippen molar-refractivity contribution < 1.29 is 4.74 Å². The lowest BCUT2D eigenvalue weighted by Gasteiger charge is -2.35. The molecule has 0 aliphatic carbocycles. The highest BCUT2D eigenvalue weighted by molar-refractivity contribution is 5.85. The fourth-order valence-electron chi connectivity index (χ4n) is 4.62. The second-order valence-electron chi connectivity index (χ2n) is 8.82. The van der Waals surface area contributed by atoms with Crippen molar-refractivity contribution in [3.8, 4) is 22.9 Å². The zero-order valence-corrected chi connectivity index (χ0v) is 20.8. The third-order valence-corrected chi connectivity index (χ3v) is 6.50. The van der Waals surface area contributed by atoms with Gasteiger partial charge in [-0.05, 0) is 59.2 Å². The average molecular weight is 499 g/mol. The van der Waals surface area contributed by atoms with E-state index in [1.54, 1.807) is 19.4 Å². The Morgan fingerprint density at radius 3 is 2.37 bits per heavy atom. The van der Waals surface area contributed by atoms with Gasteiger partial charge in [0.1, 0.15) is 11.9 Å². The van der Waals surface area contributed by atoms with Gasteiger partial charge in [-0.3, -0.25) is 0 Å². The number of hydrogen-bond donors (Lipinski definition) is 2. The van der Waals surface area contributed by atoms with Crippen molar-refractivity contribution in [3.05, 3.63) is 132 Å². The Morgan fingerprint density at radius 2 is 1.55 bits per heavy atom. The first-order valence-electron chi connectivity index (χ1n) is 12.4. The first-order valence-corrected chi connectivity index (χ1v) is 12.4. The molecule has 5 aromatic rings. The van der Waals surface area contributed by atoms with Crippen molar-refractivity contribution in [1.29, 1.82) is 0 Å². The van der Waals surface area contributed by atoms with Crippen LogP contribution in [0.15, 0.2) is 116 Å². The van der Waals surface area contributed by atoms with Crippen molar-refractivity contribution in [2.75, 3.05) is 17.3 Å². The molecule has 0 saturated heterocycles. The topological polar surface area (TPSA) is 89.2 Å². The van der Waals surface area contributed by atoms with E-state index in [4.69, 9.17) is 10.5 Å². The summed E-state index contributed by atoms with van der Waals surface area (Å²) in [5.41, 5.74) is 13.7. The van der Waals surface area contributed by atoms with Crippen LogP contribution in [0.2, 0.25) is 0 Å². The molecule has 38 heavy (non-hydrogen) atoms. The standard InChI is InChI=1S/C31H26N6O/c1-33-31-35-19-17-28(36-31)26-12-7-18-34-30(26)38-23-15-13-22(14-16-23)37-20-27(21-8-3-2-4-9-21)24-10-5-6-11-25(24)29(37)32/h2-20,29H,32H2,1H3,(H,33,35,36). The van der Waals surface area contributed by atoms with E-state index in [2.05, 4.69) is 73.8 Å². The van der Waals surface area contributed by atoms with Gasteiger partial charge in [0, 0.05) is 36.9 Å². The Balaban J connectivity index is 1.31. The summed E-state index contributed by atoms with van der Waals surface area (Å²) in [5, 5.41) is 2.96. The third-order valence-electron chi connectivity index (χ3n) is 6.50. The Morgan fingerprint density at radius 1 is 0.789 bits per heavy atom. The van der Waals surface area contributed by atoms with Crippen LogP contribution in [-0.4, -0.2) is 22.0 Å². The molecule has 0 radical (unpaired) electrons. The van der Waals surface area contributed by atoms with Crippen LogP contribution in [0, 0.1) is 0 Å². The SMILES string of the molecule is CNc1nccc(-c2cccnc2Oc2ccc(N3C=C(c4ccccc4)c4ccccc4C3N)cc2)n1. The van der Waals surface area contributed by atoms with E-state index in [0.29, 0.717) is 17.6 Å². The summed E-state index contributed by atoms with van der Waals surface area (Å²) in [6, 6.07) is 32.2. The first-order chi connectivity index (χ1) is 18.7. The molecule has 1 aliphatic heterocycles. The molecule has 1 unspecified atom stereocenters. The molecule has 0 fully saturated rings. The smallest absolute Gasteiger partial charge is 0.228 e. The van der Waals surface area contributed by atoms with Gasteiger partial charge in [0.15, 0.2) is 0 Å². The maximum absolute atomic E-state index is 6.76. The number of nitrogens with zero attached hydrogens (tertiary/aromatic N) is 4. The van der Waals surface area contributed by atoms with E-state index in [9.17, 15) is 0 Å². The minimum absolute atomic E-state index is 0.313. The molecule has 1 atom stereocenters. The highest BCUT2D eigenvalue weighted by atomic mass is 16.5. The fraction of sp³-hybridized carbons (Fsp3) is 0.0645. The highest BCUT2D eigenvalue weighted by Gasteiger charge is 2.26. The van der Waals surface area contributed by atoms with Gasteiger partial charge in [0.05, 0.1) is 11.3 Å². The molecule has 186 valence electrons. The molecule has 0 saturated carbocycles. The van der Waals surface area contributed by atoms with Gasteiger partial charge in [-0.1, -0.05) is 54.6 Å². The first kappa shape index (κ1) is 23.4. The van der Waals surface area contributed by atoms with Crippen molar-refractivity contribution in [2.45, 2.75) is 6.17 Å². The number of pyridine rings is 1. The van der Waals surface area contributed by atoms with Crippen LogP contribution in [0.3, 0.4) is 0 Å². The van der Waals surface area contributed by atoms with E-state index >= 15 is 0 Å². The summed E-state index contributed by atoms with van der Waals surface area (Å²) in [4.78, 5) is 15.3. The number of aromatic nitrogens is 3. The molecule has 7 heteroatoms. The second-order valence-corrected chi connectivity index (χ2v) is 8.82. The van der Waals surface area contributed by atoms with E-state index in [-0.39, 0.29) is 6.17 Å². The maximum atomic E-state index is 6.76. The van der Waals surface area contributed by atoms with Gasteiger partial charge >= 0.3 is 0 Å². The van der Waals surface area contributed by atoms with Crippen LogP contribution >= 0.6 is 0 Å².